The molecule has 0 amide bonds. The smallest absolute Gasteiger partial charge is 0.338 e. The number of aromatic carboxylic acids is 1. The van der Waals surface area contributed by atoms with E-state index in [0.29, 0.717) is 17.1 Å². The van der Waals surface area contributed by atoms with E-state index in [2.05, 4.69) is 10.1 Å². The van der Waals surface area contributed by atoms with Gasteiger partial charge in [-0.2, -0.15) is 5.10 Å². The van der Waals surface area contributed by atoms with Crippen LogP contribution in [0, 0.1) is 6.92 Å². The zero-order chi connectivity index (χ0) is 15.0. The zero-order valence-electron chi connectivity index (χ0n) is 11.6. The van der Waals surface area contributed by atoms with Gasteiger partial charge in [-0.25, -0.2) is 14.3 Å². The van der Waals surface area contributed by atoms with E-state index in [9.17, 15) is 4.79 Å². The second-order valence-corrected chi connectivity index (χ2v) is 4.68. The van der Waals surface area contributed by atoms with E-state index >= 15 is 0 Å². The highest BCUT2D eigenvalue weighted by Gasteiger charge is 2.12. The van der Waals surface area contributed by atoms with E-state index < -0.39 is 5.97 Å². The number of methoxy groups -OCH3 is 1. The van der Waals surface area contributed by atoms with Crippen LogP contribution in [0.15, 0.2) is 36.7 Å². The summed E-state index contributed by atoms with van der Waals surface area (Å²) in [4.78, 5) is 15.1. The molecule has 0 aliphatic carbocycles. The molecule has 0 aliphatic heterocycles. The van der Waals surface area contributed by atoms with Crippen LogP contribution < -0.4 is 4.74 Å². The average molecular weight is 283 g/mol. The standard InChI is InChI=1S/C15H13N3O3/c1-9-3-4-13(21-2)11(5-9)12-6-14-16-7-10(15(19)20)8-18(14)17-12/h3-8H,1-2H3,(H,19,20). The first-order valence-corrected chi connectivity index (χ1v) is 6.32. The molecule has 106 valence electrons. The molecule has 0 saturated carbocycles. The Hall–Kier alpha value is -2.89. The fourth-order valence-electron chi connectivity index (χ4n) is 2.14. The lowest BCUT2D eigenvalue weighted by atomic mass is 10.1. The summed E-state index contributed by atoms with van der Waals surface area (Å²) in [5.74, 6) is -0.322. The van der Waals surface area contributed by atoms with Gasteiger partial charge in [0.1, 0.15) is 5.75 Å². The van der Waals surface area contributed by atoms with Gasteiger partial charge in [-0.3, -0.25) is 0 Å². The van der Waals surface area contributed by atoms with E-state index in [1.54, 1.807) is 13.2 Å². The Balaban J connectivity index is 2.17. The molecule has 0 fully saturated rings. The molecule has 1 aromatic carbocycles. The summed E-state index contributed by atoms with van der Waals surface area (Å²) >= 11 is 0. The number of aryl methyl sites for hydroxylation is 1. The zero-order valence-corrected chi connectivity index (χ0v) is 11.6. The lowest BCUT2D eigenvalue weighted by molar-refractivity contribution is 0.0695. The fourth-order valence-corrected chi connectivity index (χ4v) is 2.14. The molecule has 0 aliphatic rings. The van der Waals surface area contributed by atoms with E-state index in [-0.39, 0.29) is 5.56 Å². The molecule has 21 heavy (non-hydrogen) atoms. The number of hydrogen-bond donors (Lipinski definition) is 1. The van der Waals surface area contributed by atoms with E-state index in [1.165, 1.54) is 16.9 Å². The first kappa shape index (κ1) is 13.1. The summed E-state index contributed by atoms with van der Waals surface area (Å²) < 4.78 is 6.81. The molecule has 6 nitrogen and oxygen atoms in total. The van der Waals surface area contributed by atoms with Crippen LogP contribution >= 0.6 is 0 Å². The van der Waals surface area contributed by atoms with Crippen molar-refractivity contribution < 1.29 is 14.6 Å². The summed E-state index contributed by atoms with van der Waals surface area (Å²) in [6.07, 6.45) is 2.76. The highest BCUT2D eigenvalue weighted by Crippen LogP contribution is 2.30. The van der Waals surface area contributed by atoms with Gasteiger partial charge in [0.25, 0.3) is 0 Å². The minimum absolute atomic E-state index is 0.0911. The van der Waals surface area contributed by atoms with Gasteiger partial charge in [-0.15, -0.1) is 0 Å². The van der Waals surface area contributed by atoms with Crippen LogP contribution in [0.3, 0.4) is 0 Å². The summed E-state index contributed by atoms with van der Waals surface area (Å²) in [6, 6.07) is 7.60. The fraction of sp³-hybridized carbons (Fsp3) is 0.133. The van der Waals surface area contributed by atoms with Gasteiger partial charge in [0, 0.05) is 24.0 Å². The van der Waals surface area contributed by atoms with Crippen molar-refractivity contribution in [3.8, 4) is 17.0 Å². The van der Waals surface area contributed by atoms with Crippen molar-refractivity contribution in [3.63, 3.8) is 0 Å². The maximum absolute atomic E-state index is 11.0. The van der Waals surface area contributed by atoms with Gasteiger partial charge >= 0.3 is 5.97 Å². The molecule has 1 N–H and O–H groups in total. The Kier molecular flexibility index (Phi) is 3.06. The molecule has 3 aromatic rings. The van der Waals surface area contributed by atoms with Crippen molar-refractivity contribution in [1.29, 1.82) is 0 Å². The number of aromatic nitrogens is 3. The van der Waals surface area contributed by atoms with Crippen molar-refractivity contribution in [1.82, 2.24) is 14.6 Å². The predicted octanol–water partition coefficient (Wildman–Crippen LogP) is 2.41. The molecule has 6 heteroatoms. The molecular weight excluding hydrogens is 270 g/mol. The molecule has 3 rings (SSSR count). The summed E-state index contributed by atoms with van der Waals surface area (Å²) in [7, 11) is 1.60. The molecule has 0 saturated heterocycles. The summed E-state index contributed by atoms with van der Waals surface area (Å²) in [5.41, 5.74) is 3.29. The summed E-state index contributed by atoms with van der Waals surface area (Å²) in [6.45, 7) is 1.99. The molecule has 0 unspecified atom stereocenters. The highest BCUT2D eigenvalue weighted by molar-refractivity contribution is 5.87. The van der Waals surface area contributed by atoms with Crippen molar-refractivity contribution in [2.24, 2.45) is 0 Å². The van der Waals surface area contributed by atoms with Crippen LogP contribution in [0.4, 0.5) is 0 Å². The quantitative estimate of drug-likeness (QED) is 0.798. The number of benzene rings is 1. The number of carboxylic acid groups (broad SMARTS) is 1. The van der Waals surface area contributed by atoms with Crippen molar-refractivity contribution >= 4 is 11.6 Å². The third kappa shape index (κ3) is 2.31. The molecular formula is C15H13N3O3. The molecule has 0 radical (unpaired) electrons. The van der Waals surface area contributed by atoms with E-state index in [1.807, 2.05) is 25.1 Å². The number of hydrogen-bond acceptors (Lipinski definition) is 4. The second-order valence-electron chi connectivity index (χ2n) is 4.68. The van der Waals surface area contributed by atoms with Crippen molar-refractivity contribution in [2.45, 2.75) is 6.92 Å². The van der Waals surface area contributed by atoms with Gasteiger partial charge in [0.2, 0.25) is 0 Å². The van der Waals surface area contributed by atoms with Gasteiger partial charge in [0.15, 0.2) is 5.65 Å². The summed E-state index contributed by atoms with van der Waals surface area (Å²) in [5, 5.41) is 13.4. The van der Waals surface area contributed by atoms with Crippen LogP contribution in [-0.2, 0) is 0 Å². The van der Waals surface area contributed by atoms with Crippen LogP contribution in [0.25, 0.3) is 16.9 Å². The van der Waals surface area contributed by atoms with Crippen LogP contribution in [0.1, 0.15) is 15.9 Å². The lowest BCUT2D eigenvalue weighted by Crippen LogP contribution is -2.01. The largest absolute Gasteiger partial charge is 0.496 e. The highest BCUT2D eigenvalue weighted by atomic mass is 16.5. The average Bonchev–Trinajstić information content (AvgIpc) is 2.89. The normalized spacial score (nSPS) is 10.8. The van der Waals surface area contributed by atoms with Crippen molar-refractivity contribution in [2.75, 3.05) is 7.11 Å². The third-order valence-electron chi connectivity index (χ3n) is 3.19. The molecule has 2 heterocycles. The number of fused-ring (bicyclic) bond motifs is 1. The Morgan fingerprint density at radius 1 is 1.33 bits per heavy atom. The minimum Gasteiger partial charge on any atom is -0.496 e. The Bertz CT molecular complexity index is 839. The van der Waals surface area contributed by atoms with Crippen LogP contribution in [0.5, 0.6) is 5.75 Å². The first-order chi connectivity index (χ1) is 10.1. The minimum atomic E-state index is -1.03. The number of carbonyl (C=O) groups is 1. The predicted molar refractivity (Wildman–Crippen MR) is 76.7 cm³/mol. The monoisotopic (exact) mass is 283 g/mol. The van der Waals surface area contributed by atoms with Crippen LogP contribution in [0.2, 0.25) is 0 Å². The van der Waals surface area contributed by atoms with Crippen molar-refractivity contribution in [3.05, 3.63) is 47.8 Å². The molecule has 2 aromatic heterocycles. The number of rotatable bonds is 3. The lowest BCUT2D eigenvalue weighted by Gasteiger charge is -2.06. The number of nitrogens with zero attached hydrogens (tertiary/aromatic N) is 3. The number of ether oxygens (including phenoxy) is 1. The number of carboxylic acids is 1. The SMILES string of the molecule is COc1ccc(C)cc1-c1cc2ncc(C(=O)O)cn2n1. The van der Waals surface area contributed by atoms with E-state index in [0.717, 1.165) is 11.1 Å². The molecule has 0 spiro atoms. The van der Waals surface area contributed by atoms with Gasteiger partial charge in [-0.1, -0.05) is 11.6 Å². The topological polar surface area (TPSA) is 76.7 Å². The maximum atomic E-state index is 11.0. The molecule has 0 atom stereocenters. The Labute approximate surface area is 120 Å². The van der Waals surface area contributed by atoms with Crippen LogP contribution in [-0.4, -0.2) is 32.8 Å². The first-order valence-electron chi connectivity index (χ1n) is 6.32. The van der Waals surface area contributed by atoms with E-state index in [4.69, 9.17) is 9.84 Å². The Morgan fingerprint density at radius 3 is 2.86 bits per heavy atom. The molecule has 0 bridgehead atoms. The maximum Gasteiger partial charge on any atom is 0.338 e. The van der Waals surface area contributed by atoms with Gasteiger partial charge in [-0.05, 0) is 19.1 Å². The van der Waals surface area contributed by atoms with Gasteiger partial charge in [0.05, 0.1) is 18.4 Å². The van der Waals surface area contributed by atoms with Gasteiger partial charge < -0.3 is 9.84 Å². The third-order valence-corrected chi connectivity index (χ3v) is 3.19. The second kappa shape index (κ2) is 4.90. The Morgan fingerprint density at radius 2 is 2.14 bits per heavy atom.